The highest BCUT2D eigenvalue weighted by atomic mass is 79.9. The summed E-state index contributed by atoms with van der Waals surface area (Å²) < 4.78 is 14.2. The Kier molecular flexibility index (Phi) is 4.91. The van der Waals surface area contributed by atoms with E-state index in [1.165, 1.54) is 24.3 Å². The zero-order valence-corrected chi connectivity index (χ0v) is 13.5. The molecule has 0 bridgehead atoms. The van der Waals surface area contributed by atoms with Crippen LogP contribution in [0.1, 0.15) is 10.4 Å². The van der Waals surface area contributed by atoms with Crippen LogP contribution in [0.3, 0.4) is 0 Å². The maximum atomic E-state index is 13.7. The van der Waals surface area contributed by atoms with E-state index in [1.54, 1.807) is 6.07 Å². The molecule has 0 aliphatic rings. The van der Waals surface area contributed by atoms with Crippen molar-refractivity contribution in [2.75, 3.05) is 5.32 Å². The van der Waals surface area contributed by atoms with Crippen molar-refractivity contribution in [1.29, 1.82) is 0 Å². The van der Waals surface area contributed by atoms with Gasteiger partial charge in [-0.25, -0.2) is 4.39 Å². The first-order chi connectivity index (χ1) is 9.38. The number of halogens is 5. The van der Waals surface area contributed by atoms with Crippen LogP contribution in [0.5, 0.6) is 0 Å². The Bertz CT molecular complexity index is 694. The first-order valence-electron chi connectivity index (χ1n) is 5.29. The number of carbonyl (C=O) groups excluding carboxylic acids is 1. The molecule has 0 unspecified atom stereocenters. The molecule has 0 radical (unpaired) electrons. The van der Waals surface area contributed by atoms with E-state index in [0.29, 0.717) is 4.47 Å². The van der Waals surface area contributed by atoms with Gasteiger partial charge in [-0.05, 0) is 30.3 Å². The molecule has 7 heteroatoms. The van der Waals surface area contributed by atoms with Gasteiger partial charge in [-0.3, -0.25) is 4.79 Å². The average Bonchev–Trinajstić information content (AvgIpc) is 2.35. The molecule has 104 valence electrons. The molecule has 0 aliphatic heterocycles. The van der Waals surface area contributed by atoms with Crippen molar-refractivity contribution in [2.24, 2.45) is 0 Å². The summed E-state index contributed by atoms with van der Waals surface area (Å²) in [5.41, 5.74) is 0.156. The van der Waals surface area contributed by atoms with Crippen LogP contribution < -0.4 is 5.32 Å². The van der Waals surface area contributed by atoms with Gasteiger partial charge in [0.25, 0.3) is 5.91 Å². The highest BCUT2D eigenvalue weighted by Crippen LogP contribution is 2.32. The number of hydrogen-bond acceptors (Lipinski definition) is 1. The lowest BCUT2D eigenvalue weighted by atomic mass is 10.2. The molecule has 0 heterocycles. The van der Waals surface area contributed by atoms with E-state index in [2.05, 4.69) is 21.2 Å². The van der Waals surface area contributed by atoms with Crippen molar-refractivity contribution >= 4 is 62.3 Å². The van der Waals surface area contributed by atoms with Gasteiger partial charge < -0.3 is 5.32 Å². The van der Waals surface area contributed by atoms with E-state index in [4.69, 9.17) is 34.8 Å². The third-order valence-electron chi connectivity index (χ3n) is 2.43. The largest absolute Gasteiger partial charge is 0.320 e. The van der Waals surface area contributed by atoms with Gasteiger partial charge in [0.05, 0.1) is 26.3 Å². The molecule has 0 saturated carbocycles. The Morgan fingerprint density at radius 2 is 1.70 bits per heavy atom. The van der Waals surface area contributed by atoms with E-state index < -0.39 is 11.7 Å². The van der Waals surface area contributed by atoms with Crippen LogP contribution in [0.2, 0.25) is 15.1 Å². The molecule has 2 aromatic rings. The van der Waals surface area contributed by atoms with Crippen LogP contribution in [0.4, 0.5) is 10.1 Å². The third kappa shape index (κ3) is 3.44. The molecule has 2 nitrogen and oxygen atoms in total. The molecular weight excluding hydrogens is 391 g/mol. The van der Waals surface area contributed by atoms with Crippen molar-refractivity contribution in [2.45, 2.75) is 0 Å². The Balaban J connectivity index is 2.30. The van der Waals surface area contributed by atoms with Crippen LogP contribution in [0, 0.1) is 5.82 Å². The van der Waals surface area contributed by atoms with Crippen LogP contribution >= 0.6 is 50.7 Å². The zero-order chi connectivity index (χ0) is 14.9. The quantitative estimate of drug-likeness (QED) is 0.638. The number of rotatable bonds is 2. The minimum absolute atomic E-state index is 0.102. The van der Waals surface area contributed by atoms with Crippen molar-refractivity contribution in [3.63, 3.8) is 0 Å². The van der Waals surface area contributed by atoms with Crippen molar-refractivity contribution < 1.29 is 9.18 Å². The molecule has 2 aromatic carbocycles. The summed E-state index contributed by atoms with van der Waals surface area (Å²) in [5, 5.41) is 3.21. The molecule has 0 atom stereocenters. The number of anilines is 1. The fraction of sp³-hybridized carbons (Fsp3) is 0. The third-order valence-corrected chi connectivity index (χ3v) is 3.96. The number of hydrogen-bond donors (Lipinski definition) is 1. The lowest BCUT2D eigenvalue weighted by Crippen LogP contribution is -2.14. The van der Waals surface area contributed by atoms with Gasteiger partial charge in [0.15, 0.2) is 0 Å². The maximum Gasteiger partial charge on any atom is 0.258 e. The predicted octanol–water partition coefficient (Wildman–Crippen LogP) is 5.80. The van der Waals surface area contributed by atoms with E-state index >= 15 is 0 Å². The minimum Gasteiger partial charge on any atom is -0.320 e. The van der Waals surface area contributed by atoms with Gasteiger partial charge in [0.2, 0.25) is 0 Å². The number of nitrogens with one attached hydrogen (secondary N) is 1. The van der Waals surface area contributed by atoms with Crippen LogP contribution in [0.15, 0.2) is 34.8 Å². The summed E-state index contributed by atoms with van der Waals surface area (Å²) >= 11 is 20.7. The second-order valence-electron chi connectivity index (χ2n) is 3.82. The van der Waals surface area contributed by atoms with Crippen molar-refractivity contribution in [3.05, 3.63) is 61.3 Å². The molecular formula is C13H6BrCl3FNO. The molecule has 0 aliphatic carbocycles. The molecule has 0 spiro atoms. The Labute approximate surface area is 138 Å². The topological polar surface area (TPSA) is 29.1 Å². The van der Waals surface area contributed by atoms with Gasteiger partial charge in [-0.2, -0.15) is 0 Å². The summed E-state index contributed by atoms with van der Waals surface area (Å²) in [7, 11) is 0. The lowest BCUT2D eigenvalue weighted by Gasteiger charge is -2.09. The summed E-state index contributed by atoms with van der Waals surface area (Å²) in [4.78, 5) is 12.0. The van der Waals surface area contributed by atoms with Gasteiger partial charge in [0.1, 0.15) is 5.82 Å². The van der Waals surface area contributed by atoms with E-state index in [0.717, 1.165) is 0 Å². The molecule has 20 heavy (non-hydrogen) atoms. The highest BCUT2D eigenvalue weighted by Gasteiger charge is 2.14. The van der Waals surface area contributed by atoms with Gasteiger partial charge in [-0.15, -0.1) is 0 Å². The Morgan fingerprint density at radius 3 is 2.35 bits per heavy atom. The fourth-order valence-corrected chi connectivity index (χ4v) is 2.41. The number of amides is 1. The minimum atomic E-state index is -0.645. The van der Waals surface area contributed by atoms with Gasteiger partial charge in [0, 0.05) is 4.47 Å². The summed E-state index contributed by atoms with van der Waals surface area (Å²) in [6.45, 7) is 0. The normalized spacial score (nSPS) is 10.4. The monoisotopic (exact) mass is 395 g/mol. The molecule has 0 aromatic heterocycles. The van der Waals surface area contributed by atoms with Crippen molar-refractivity contribution in [3.8, 4) is 0 Å². The van der Waals surface area contributed by atoms with Crippen LogP contribution in [0.25, 0.3) is 0 Å². The SMILES string of the molecule is O=C(Nc1cc(Cl)c(Cl)cc1Cl)c1ccc(Br)cc1F. The second-order valence-corrected chi connectivity index (χ2v) is 5.96. The molecule has 2 rings (SSSR count). The highest BCUT2D eigenvalue weighted by molar-refractivity contribution is 9.10. The maximum absolute atomic E-state index is 13.7. The van der Waals surface area contributed by atoms with E-state index in [9.17, 15) is 9.18 Å². The molecule has 0 saturated heterocycles. The lowest BCUT2D eigenvalue weighted by molar-refractivity contribution is 0.102. The first kappa shape index (κ1) is 15.6. The fourth-order valence-electron chi connectivity index (χ4n) is 1.48. The average molecular weight is 397 g/mol. The molecule has 1 N–H and O–H groups in total. The van der Waals surface area contributed by atoms with Gasteiger partial charge >= 0.3 is 0 Å². The van der Waals surface area contributed by atoms with Gasteiger partial charge in [-0.1, -0.05) is 50.7 Å². The summed E-state index contributed by atoms with van der Waals surface area (Å²) in [6, 6.07) is 6.93. The Hall–Kier alpha value is -0.810. The number of carbonyl (C=O) groups is 1. The molecule has 1 amide bonds. The first-order valence-corrected chi connectivity index (χ1v) is 7.22. The standard InChI is InChI=1S/C13H6BrCl3FNO/c14-6-1-2-7(11(18)3-6)13(20)19-12-5-9(16)8(15)4-10(12)17/h1-5H,(H,19,20). The smallest absolute Gasteiger partial charge is 0.258 e. The zero-order valence-electron chi connectivity index (χ0n) is 9.68. The second kappa shape index (κ2) is 6.31. The molecule has 0 fully saturated rings. The van der Waals surface area contributed by atoms with Crippen LogP contribution in [-0.4, -0.2) is 5.91 Å². The predicted molar refractivity (Wildman–Crippen MR) is 83.5 cm³/mol. The summed E-state index contributed by atoms with van der Waals surface area (Å²) in [6.07, 6.45) is 0. The summed E-state index contributed by atoms with van der Waals surface area (Å²) in [5.74, 6) is -1.27. The van der Waals surface area contributed by atoms with E-state index in [1.807, 2.05) is 0 Å². The Morgan fingerprint density at radius 1 is 1.05 bits per heavy atom. The van der Waals surface area contributed by atoms with E-state index in [-0.39, 0.29) is 26.3 Å². The van der Waals surface area contributed by atoms with Crippen LogP contribution in [-0.2, 0) is 0 Å². The number of benzene rings is 2. The van der Waals surface area contributed by atoms with Crippen molar-refractivity contribution in [1.82, 2.24) is 0 Å².